The highest BCUT2D eigenvalue weighted by molar-refractivity contribution is 7.10. The van der Waals surface area contributed by atoms with Crippen LogP contribution in [0.3, 0.4) is 0 Å². The Labute approximate surface area is 159 Å². The molecule has 0 unspecified atom stereocenters. The molecule has 27 heavy (non-hydrogen) atoms. The van der Waals surface area contributed by atoms with Crippen molar-refractivity contribution in [1.29, 1.82) is 0 Å². The molecule has 6 nitrogen and oxygen atoms in total. The Hall–Kier alpha value is -3.16. The molecular formula is C20H18N4O2S. The molecule has 0 saturated carbocycles. The van der Waals surface area contributed by atoms with Crippen molar-refractivity contribution in [3.8, 4) is 0 Å². The Morgan fingerprint density at radius 3 is 2.59 bits per heavy atom. The van der Waals surface area contributed by atoms with E-state index < -0.39 is 0 Å². The second kappa shape index (κ2) is 7.61. The van der Waals surface area contributed by atoms with E-state index in [0.717, 1.165) is 10.4 Å². The molecule has 1 atom stereocenters. The van der Waals surface area contributed by atoms with Crippen LogP contribution in [0.5, 0.6) is 0 Å². The Kier molecular flexibility index (Phi) is 4.86. The van der Waals surface area contributed by atoms with Gasteiger partial charge in [-0.1, -0.05) is 36.4 Å². The topological polar surface area (TPSA) is 89.8 Å². The SMILES string of the molecule is O=C(CN[C@@H](c1ccccc1)c1cccs1)Nc1ccc2[nH]c(=O)[nH]c2c1. The third-order valence-corrected chi connectivity index (χ3v) is 5.16. The molecule has 0 bridgehead atoms. The lowest BCUT2D eigenvalue weighted by Crippen LogP contribution is -2.31. The van der Waals surface area contributed by atoms with Gasteiger partial charge in [-0.3, -0.25) is 10.1 Å². The van der Waals surface area contributed by atoms with Crippen molar-refractivity contribution >= 4 is 34.0 Å². The zero-order chi connectivity index (χ0) is 18.6. The summed E-state index contributed by atoms with van der Waals surface area (Å²) in [4.78, 5) is 30.3. The molecule has 136 valence electrons. The zero-order valence-corrected chi connectivity index (χ0v) is 15.2. The third-order valence-electron chi connectivity index (χ3n) is 4.23. The van der Waals surface area contributed by atoms with E-state index in [1.165, 1.54) is 0 Å². The number of fused-ring (bicyclic) bond motifs is 1. The van der Waals surface area contributed by atoms with E-state index in [2.05, 4.69) is 26.7 Å². The van der Waals surface area contributed by atoms with Gasteiger partial charge in [-0.25, -0.2) is 4.79 Å². The number of carbonyl (C=O) groups excluding carboxylic acids is 1. The molecule has 0 radical (unpaired) electrons. The number of carbonyl (C=O) groups is 1. The number of aromatic amines is 2. The quantitative estimate of drug-likeness (QED) is 0.415. The summed E-state index contributed by atoms with van der Waals surface area (Å²) in [5, 5.41) is 8.22. The molecule has 2 aromatic heterocycles. The molecule has 0 aliphatic rings. The minimum atomic E-state index is -0.267. The van der Waals surface area contributed by atoms with Crippen molar-refractivity contribution < 1.29 is 4.79 Å². The highest BCUT2D eigenvalue weighted by atomic mass is 32.1. The Bertz CT molecular complexity index is 1100. The second-order valence-corrected chi connectivity index (χ2v) is 7.11. The van der Waals surface area contributed by atoms with Gasteiger partial charge in [0.25, 0.3) is 0 Å². The predicted octanol–water partition coefficient (Wildman–Crippen LogP) is 3.24. The summed E-state index contributed by atoms with van der Waals surface area (Å²) < 4.78 is 0. The third kappa shape index (κ3) is 3.99. The van der Waals surface area contributed by atoms with Gasteiger partial charge in [0.05, 0.1) is 23.6 Å². The van der Waals surface area contributed by atoms with E-state index in [1.807, 2.05) is 41.8 Å². The smallest absolute Gasteiger partial charge is 0.323 e. The normalized spacial score (nSPS) is 12.1. The lowest BCUT2D eigenvalue weighted by molar-refractivity contribution is -0.115. The molecular weight excluding hydrogens is 360 g/mol. The minimum absolute atomic E-state index is 0.0412. The van der Waals surface area contributed by atoms with Crippen LogP contribution < -0.4 is 16.3 Å². The first kappa shape index (κ1) is 17.3. The number of hydrogen-bond donors (Lipinski definition) is 4. The van der Waals surface area contributed by atoms with Crippen LogP contribution in [-0.2, 0) is 4.79 Å². The zero-order valence-electron chi connectivity index (χ0n) is 14.4. The van der Waals surface area contributed by atoms with Crippen LogP contribution in [0.15, 0.2) is 70.8 Å². The first-order chi connectivity index (χ1) is 13.2. The lowest BCUT2D eigenvalue weighted by atomic mass is 10.1. The first-order valence-electron chi connectivity index (χ1n) is 8.53. The Balaban J connectivity index is 1.45. The number of nitrogens with one attached hydrogen (secondary N) is 4. The van der Waals surface area contributed by atoms with Gasteiger partial charge in [-0.2, -0.15) is 0 Å². The first-order valence-corrected chi connectivity index (χ1v) is 9.40. The fourth-order valence-corrected chi connectivity index (χ4v) is 3.82. The number of rotatable bonds is 6. The van der Waals surface area contributed by atoms with Crippen LogP contribution in [0, 0.1) is 0 Å². The van der Waals surface area contributed by atoms with Gasteiger partial charge in [-0.15, -0.1) is 11.3 Å². The molecule has 4 N–H and O–H groups in total. The number of thiophene rings is 1. The predicted molar refractivity (Wildman–Crippen MR) is 108 cm³/mol. The van der Waals surface area contributed by atoms with Crippen LogP contribution in [0.25, 0.3) is 11.0 Å². The van der Waals surface area contributed by atoms with E-state index >= 15 is 0 Å². The van der Waals surface area contributed by atoms with Crippen molar-refractivity contribution in [3.05, 3.63) is 87.0 Å². The van der Waals surface area contributed by atoms with Crippen LogP contribution in [0.2, 0.25) is 0 Å². The largest absolute Gasteiger partial charge is 0.325 e. The maximum absolute atomic E-state index is 12.4. The number of imidazole rings is 1. The molecule has 7 heteroatoms. The number of anilines is 1. The molecule has 4 aromatic rings. The number of amides is 1. The average Bonchev–Trinajstić information content (AvgIpc) is 3.31. The highest BCUT2D eigenvalue weighted by Crippen LogP contribution is 2.25. The van der Waals surface area contributed by atoms with Crippen molar-refractivity contribution in [3.63, 3.8) is 0 Å². The van der Waals surface area contributed by atoms with Gasteiger partial charge in [0, 0.05) is 10.6 Å². The molecule has 0 aliphatic carbocycles. The average molecular weight is 378 g/mol. The van der Waals surface area contributed by atoms with Crippen molar-refractivity contribution in [2.45, 2.75) is 6.04 Å². The number of H-pyrrole nitrogens is 2. The summed E-state index contributed by atoms with van der Waals surface area (Å²) in [7, 11) is 0. The summed E-state index contributed by atoms with van der Waals surface area (Å²) in [6.07, 6.45) is 0. The summed E-state index contributed by atoms with van der Waals surface area (Å²) in [6.45, 7) is 0.166. The maximum atomic E-state index is 12.4. The molecule has 0 fully saturated rings. The summed E-state index contributed by atoms with van der Waals surface area (Å²) in [5.74, 6) is -0.148. The van der Waals surface area contributed by atoms with E-state index in [-0.39, 0.29) is 24.2 Å². The molecule has 2 aromatic carbocycles. The summed E-state index contributed by atoms with van der Waals surface area (Å²) in [5.41, 5.74) is 2.84. The fourth-order valence-electron chi connectivity index (χ4n) is 2.99. The van der Waals surface area contributed by atoms with Crippen LogP contribution in [0.1, 0.15) is 16.5 Å². The molecule has 2 heterocycles. The van der Waals surface area contributed by atoms with Gasteiger partial charge in [0.1, 0.15) is 0 Å². The molecule has 0 spiro atoms. The Morgan fingerprint density at radius 2 is 1.81 bits per heavy atom. The minimum Gasteiger partial charge on any atom is -0.325 e. The molecule has 0 aliphatic heterocycles. The number of hydrogen-bond acceptors (Lipinski definition) is 4. The Morgan fingerprint density at radius 1 is 1.00 bits per heavy atom. The van der Waals surface area contributed by atoms with Crippen LogP contribution in [-0.4, -0.2) is 22.4 Å². The van der Waals surface area contributed by atoms with Crippen LogP contribution >= 0.6 is 11.3 Å². The fraction of sp³-hybridized carbons (Fsp3) is 0.100. The maximum Gasteiger partial charge on any atom is 0.323 e. The second-order valence-electron chi connectivity index (χ2n) is 6.13. The van der Waals surface area contributed by atoms with Crippen molar-refractivity contribution in [1.82, 2.24) is 15.3 Å². The van der Waals surface area contributed by atoms with Crippen molar-refractivity contribution in [2.24, 2.45) is 0 Å². The van der Waals surface area contributed by atoms with Gasteiger partial charge in [-0.05, 0) is 35.2 Å². The lowest BCUT2D eigenvalue weighted by Gasteiger charge is -2.18. The van der Waals surface area contributed by atoms with Gasteiger partial charge < -0.3 is 15.3 Å². The van der Waals surface area contributed by atoms with Gasteiger partial charge >= 0.3 is 5.69 Å². The van der Waals surface area contributed by atoms with Gasteiger partial charge in [0.15, 0.2) is 0 Å². The van der Waals surface area contributed by atoms with E-state index in [1.54, 1.807) is 29.5 Å². The highest BCUT2D eigenvalue weighted by Gasteiger charge is 2.16. The molecule has 0 saturated heterocycles. The monoisotopic (exact) mass is 378 g/mol. The number of aromatic nitrogens is 2. The molecule has 1 amide bonds. The summed E-state index contributed by atoms with van der Waals surface area (Å²) in [6, 6.07) is 19.3. The number of benzene rings is 2. The standard InChI is InChI=1S/C20H18N4O2S/c25-18(22-14-8-9-15-16(11-14)24-20(26)23-15)12-21-19(17-7-4-10-27-17)13-5-2-1-3-6-13/h1-11,19,21H,12H2,(H,22,25)(H2,23,24,26)/t19-/m0/s1. The van der Waals surface area contributed by atoms with Crippen molar-refractivity contribution in [2.75, 3.05) is 11.9 Å². The van der Waals surface area contributed by atoms with Crippen LogP contribution in [0.4, 0.5) is 5.69 Å². The van der Waals surface area contributed by atoms with E-state index in [0.29, 0.717) is 16.7 Å². The summed E-state index contributed by atoms with van der Waals surface area (Å²) >= 11 is 1.65. The molecule has 4 rings (SSSR count). The van der Waals surface area contributed by atoms with Gasteiger partial charge in [0.2, 0.25) is 5.91 Å². The van der Waals surface area contributed by atoms with E-state index in [4.69, 9.17) is 0 Å². The van der Waals surface area contributed by atoms with E-state index in [9.17, 15) is 9.59 Å².